The molecule has 0 aliphatic carbocycles. The molecular weight excluding hydrogens is 288 g/mol. The minimum Gasteiger partial charge on any atom is -0.320 e. The molecule has 0 spiro atoms. The van der Waals surface area contributed by atoms with Crippen molar-refractivity contribution in [1.29, 1.82) is 0 Å². The van der Waals surface area contributed by atoms with Gasteiger partial charge in [-0.1, -0.05) is 40.2 Å². The van der Waals surface area contributed by atoms with Crippen LogP contribution in [0.25, 0.3) is 0 Å². The summed E-state index contributed by atoms with van der Waals surface area (Å²) in [6.45, 7) is 0. The van der Waals surface area contributed by atoms with Crippen LogP contribution in [0.2, 0.25) is 0 Å². The van der Waals surface area contributed by atoms with Crippen LogP contribution in [0, 0.1) is 11.6 Å². The zero-order valence-corrected chi connectivity index (χ0v) is 10.4. The maximum Gasteiger partial charge on any atom is 0.131 e. The lowest BCUT2D eigenvalue weighted by molar-refractivity contribution is 0.565. The van der Waals surface area contributed by atoms with Crippen LogP contribution in [0.3, 0.4) is 0 Å². The van der Waals surface area contributed by atoms with Crippen molar-refractivity contribution >= 4 is 15.9 Å². The summed E-state index contributed by atoms with van der Waals surface area (Å²) in [4.78, 5) is 0. The average Bonchev–Trinajstić information content (AvgIpc) is 2.29. The summed E-state index contributed by atoms with van der Waals surface area (Å²) < 4.78 is 27.2. The molecule has 0 amide bonds. The molecule has 0 aliphatic rings. The molecule has 0 saturated heterocycles. The second kappa shape index (κ2) is 4.94. The standard InChI is InChI=1S/C13H10BrF2N/c14-11-4-2-1-3-9(11)13(17)10-6-5-8(15)7-12(10)16/h1-7,13H,17H2. The molecule has 0 saturated carbocycles. The van der Waals surface area contributed by atoms with E-state index in [1.165, 1.54) is 12.1 Å². The minimum atomic E-state index is -0.631. The van der Waals surface area contributed by atoms with Gasteiger partial charge in [0.15, 0.2) is 0 Å². The first kappa shape index (κ1) is 12.2. The van der Waals surface area contributed by atoms with Crippen LogP contribution >= 0.6 is 15.9 Å². The summed E-state index contributed by atoms with van der Waals surface area (Å²) in [5.74, 6) is -1.24. The smallest absolute Gasteiger partial charge is 0.131 e. The second-order valence-corrected chi connectivity index (χ2v) is 4.52. The highest BCUT2D eigenvalue weighted by Gasteiger charge is 2.16. The zero-order valence-electron chi connectivity index (χ0n) is 8.83. The van der Waals surface area contributed by atoms with E-state index in [9.17, 15) is 8.78 Å². The third-order valence-electron chi connectivity index (χ3n) is 2.54. The summed E-state index contributed by atoms with van der Waals surface area (Å²) in [6.07, 6.45) is 0. The SMILES string of the molecule is NC(c1ccc(F)cc1F)c1ccccc1Br. The molecule has 2 rings (SSSR count). The van der Waals surface area contributed by atoms with Crippen molar-refractivity contribution in [3.63, 3.8) is 0 Å². The quantitative estimate of drug-likeness (QED) is 0.897. The molecule has 0 radical (unpaired) electrons. The lowest BCUT2D eigenvalue weighted by atomic mass is 9.99. The molecular formula is C13H10BrF2N. The molecule has 4 heteroatoms. The number of halogens is 3. The Kier molecular flexibility index (Phi) is 3.54. The van der Waals surface area contributed by atoms with Crippen molar-refractivity contribution in [2.75, 3.05) is 0 Å². The van der Waals surface area contributed by atoms with Crippen LogP contribution in [0.4, 0.5) is 8.78 Å². The molecule has 0 fully saturated rings. The summed E-state index contributed by atoms with van der Waals surface area (Å²) in [5.41, 5.74) is 7.01. The lowest BCUT2D eigenvalue weighted by Gasteiger charge is -2.15. The van der Waals surface area contributed by atoms with E-state index in [2.05, 4.69) is 15.9 Å². The van der Waals surface area contributed by atoms with Crippen molar-refractivity contribution in [3.8, 4) is 0 Å². The fourth-order valence-electron chi connectivity index (χ4n) is 1.65. The lowest BCUT2D eigenvalue weighted by Crippen LogP contribution is -2.14. The summed E-state index contributed by atoms with van der Waals surface area (Å²) in [6, 6.07) is 10.1. The van der Waals surface area contributed by atoms with Crippen LogP contribution in [-0.4, -0.2) is 0 Å². The normalized spacial score (nSPS) is 12.5. The molecule has 17 heavy (non-hydrogen) atoms. The van der Waals surface area contributed by atoms with Crippen LogP contribution in [0.1, 0.15) is 17.2 Å². The molecule has 1 nitrogen and oxygen atoms in total. The highest BCUT2D eigenvalue weighted by molar-refractivity contribution is 9.10. The molecule has 1 atom stereocenters. The molecule has 88 valence electrons. The van der Waals surface area contributed by atoms with E-state index in [4.69, 9.17) is 5.73 Å². The zero-order chi connectivity index (χ0) is 12.4. The number of rotatable bonds is 2. The van der Waals surface area contributed by atoms with Gasteiger partial charge in [-0.2, -0.15) is 0 Å². The molecule has 0 heterocycles. The Morgan fingerprint density at radius 1 is 1.00 bits per heavy atom. The minimum absolute atomic E-state index is 0.276. The highest BCUT2D eigenvalue weighted by Crippen LogP contribution is 2.28. The number of nitrogens with two attached hydrogens (primary N) is 1. The van der Waals surface area contributed by atoms with Gasteiger partial charge in [-0.3, -0.25) is 0 Å². The van der Waals surface area contributed by atoms with Crippen molar-refractivity contribution < 1.29 is 8.78 Å². The number of benzene rings is 2. The van der Waals surface area contributed by atoms with Crippen LogP contribution < -0.4 is 5.73 Å². The van der Waals surface area contributed by atoms with Gasteiger partial charge in [0.25, 0.3) is 0 Å². The Hall–Kier alpha value is -1.26. The molecule has 2 aromatic carbocycles. The molecule has 2 aromatic rings. The van der Waals surface area contributed by atoms with E-state index in [1.54, 1.807) is 6.07 Å². The Labute approximate surface area is 106 Å². The van der Waals surface area contributed by atoms with Gasteiger partial charge in [0.05, 0.1) is 6.04 Å². The molecule has 0 bridgehead atoms. The predicted molar refractivity (Wildman–Crippen MR) is 66.5 cm³/mol. The van der Waals surface area contributed by atoms with Gasteiger partial charge in [0.1, 0.15) is 11.6 Å². The van der Waals surface area contributed by atoms with Crippen molar-refractivity contribution in [3.05, 3.63) is 69.7 Å². The van der Waals surface area contributed by atoms with Crippen LogP contribution in [0.5, 0.6) is 0 Å². The summed E-state index contributed by atoms with van der Waals surface area (Å²) in [7, 11) is 0. The Morgan fingerprint density at radius 2 is 1.71 bits per heavy atom. The monoisotopic (exact) mass is 297 g/mol. The van der Waals surface area contributed by atoms with E-state index in [1.807, 2.05) is 18.2 Å². The van der Waals surface area contributed by atoms with Gasteiger partial charge in [-0.25, -0.2) is 8.78 Å². The highest BCUT2D eigenvalue weighted by atomic mass is 79.9. The predicted octanol–water partition coefficient (Wildman–Crippen LogP) is 3.78. The summed E-state index contributed by atoms with van der Waals surface area (Å²) in [5, 5.41) is 0. The largest absolute Gasteiger partial charge is 0.320 e. The first-order chi connectivity index (χ1) is 8.09. The third kappa shape index (κ3) is 2.53. The van der Waals surface area contributed by atoms with Gasteiger partial charge >= 0.3 is 0 Å². The number of hydrogen-bond donors (Lipinski definition) is 1. The van der Waals surface area contributed by atoms with Gasteiger partial charge < -0.3 is 5.73 Å². The Bertz CT molecular complexity index is 543. The van der Waals surface area contributed by atoms with Gasteiger partial charge in [0, 0.05) is 16.1 Å². The van der Waals surface area contributed by atoms with Gasteiger partial charge in [-0.05, 0) is 17.7 Å². The Morgan fingerprint density at radius 3 is 2.35 bits per heavy atom. The summed E-state index contributed by atoms with van der Waals surface area (Å²) >= 11 is 3.36. The molecule has 1 unspecified atom stereocenters. The van der Waals surface area contributed by atoms with E-state index >= 15 is 0 Å². The molecule has 2 N–H and O–H groups in total. The van der Waals surface area contributed by atoms with Crippen LogP contribution in [-0.2, 0) is 0 Å². The average molecular weight is 298 g/mol. The first-order valence-corrected chi connectivity index (χ1v) is 5.84. The van der Waals surface area contributed by atoms with Crippen molar-refractivity contribution in [2.45, 2.75) is 6.04 Å². The fourth-order valence-corrected chi connectivity index (χ4v) is 2.18. The Balaban J connectivity index is 2.44. The fraction of sp³-hybridized carbons (Fsp3) is 0.0769. The topological polar surface area (TPSA) is 26.0 Å². The van der Waals surface area contributed by atoms with Gasteiger partial charge in [-0.15, -0.1) is 0 Å². The van der Waals surface area contributed by atoms with Crippen molar-refractivity contribution in [1.82, 2.24) is 0 Å². The van der Waals surface area contributed by atoms with E-state index in [0.717, 1.165) is 16.1 Å². The first-order valence-electron chi connectivity index (χ1n) is 5.04. The second-order valence-electron chi connectivity index (χ2n) is 3.67. The maximum atomic E-state index is 13.6. The third-order valence-corrected chi connectivity index (χ3v) is 3.26. The van der Waals surface area contributed by atoms with Gasteiger partial charge in [0.2, 0.25) is 0 Å². The maximum absolute atomic E-state index is 13.6. The number of hydrogen-bond acceptors (Lipinski definition) is 1. The van der Waals surface area contributed by atoms with Crippen molar-refractivity contribution in [2.24, 2.45) is 5.73 Å². The van der Waals surface area contributed by atoms with E-state index < -0.39 is 17.7 Å². The van der Waals surface area contributed by atoms with E-state index in [-0.39, 0.29) is 5.56 Å². The molecule has 0 aliphatic heterocycles. The molecule has 0 aromatic heterocycles. The van der Waals surface area contributed by atoms with E-state index in [0.29, 0.717) is 0 Å². The van der Waals surface area contributed by atoms with Crippen LogP contribution in [0.15, 0.2) is 46.9 Å².